The molecule has 112 valence electrons. The van der Waals surface area contributed by atoms with Crippen molar-refractivity contribution in [2.45, 2.75) is 39.5 Å². The van der Waals surface area contributed by atoms with Crippen molar-refractivity contribution >= 4 is 5.78 Å². The minimum absolute atomic E-state index is 0.142. The maximum atomic E-state index is 11.6. The number of ketones is 1. The van der Waals surface area contributed by atoms with Crippen molar-refractivity contribution in [2.24, 2.45) is 0 Å². The van der Waals surface area contributed by atoms with Gasteiger partial charge in [-0.3, -0.25) is 4.79 Å². The minimum atomic E-state index is 0.142. The third kappa shape index (κ3) is 10.9. The number of hydroxylamine groups is 1. The van der Waals surface area contributed by atoms with E-state index in [1.807, 2.05) is 0 Å². The molecule has 0 aromatic heterocycles. The van der Waals surface area contributed by atoms with Crippen LogP contribution in [0.4, 0.5) is 0 Å². The Morgan fingerprint density at radius 2 is 1.95 bits per heavy atom. The van der Waals surface area contributed by atoms with E-state index >= 15 is 0 Å². The lowest BCUT2D eigenvalue weighted by Crippen LogP contribution is -2.45. The van der Waals surface area contributed by atoms with Crippen molar-refractivity contribution in [1.29, 1.82) is 0 Å². The molecule has 0 spiro atoms. The van der Waals surface area contributed by atoms with Crippen LogP contribution in [0.25, 0.3) is 0 Å². The molecule has 4 nitrogen and oxygen atoms in total. The lowest BCUT2D eigenvalue weighted by Gasteiger charge is -2.29. The van der Waals surface area contributed by atoms with Crippen LogP contribution < -0.4 is 5.48 Å². The second-order valence-electron chi connectivity index (χ2n) is 5.82. The van der Waals surface area contributed by atoms with Gasteiger partial charge in [0.05, 0.1) is 27.2 Å². The first kappa shape index (κ1) is 18.3. The molecule has 0 rings (SSSR count). The molecule has 0 aliphatic carbocycles. The van der Waals surface area contributed by atoms with Crippen LogP contribution in [0.2, 0.25) is 0 Å². The standard InChI is InChI=1S/C15H31N2O2/c1-6-7-8-10-16-19-12-9-11-17(4,5)13-15(18)14(2)3/h16H,2,6-13H2,1,3-5H3/q+1. The largest absolute Gasteiger partial charge is 0.322 e. The zero-order valence-corrected chi connectivity index (χ0v) is 13.1. The highest BCUT2D eigenvalue weighted by atomic mass is 16.6. The van der Waals surface area contributed by atoms with Gasteiger partial charge in [-0.15, -0.1) is 0 Å². The molecule has 0 saturated heterocycles. The molecule has 0 bridgehead atoms. The minimum Gasteiger partial charge on any atom is -0.322 e. The first-order valence-electron chi connectivity index (χ1n) is 7.24. The monoisotopic (exact) mass is 271 g/mol. The molecule has 19 heavy (non-hydrogen) atoms. The van der Waals surface area contributed by atoms with Gasteiger partial charge in [-0.25, -0.2) is 5.48 Å². The molecule has 0 radical (unpaired) electrons. The normalized spacial score (nSPS) is 11.6. The number of rotatable bonds is 12. The van der Waals surface area contributed by atoms with Crippen LogP contribution in [0.1, 0.15) is 39.5 Å². The van der Waals surface area contributed by atoms with Gasteiger partial charge in [-0.2, -0.15) is 0 Å². The summed E-state index contributed by atoms with van der Waals surface area (Å²) in [5.74, 6) is 0.142. The van der Waals surface area contributed by atoms with E-state index in [2.05, 4.69) is 33.1 Å². The van der Waals surface area contributed by atoms with Gasteiger partial charge in [-0.1, -0.05) is 26.3 Å². The van der Waals surface area contributed by atoms with Gasteiger partial charge in [0.25, 0.3) is 0 Å². The van der Waals surface area contributed by atoms with E-state index in [1.165, 1.54) is 12.8 Å². The molecule has 0 saturated carbocycles. The number of nitrogens with one attached hydrogen (secondary N) is 1. The maximum Gasteiger partial charge on any atom is 0.212 e. The van der Waals surface area contributed by atoms with Gasteiger partial charge in [0, 0.05) is 13.0 Å². The topological polar surface area (TPSA) is 38.3 Å². The molecule has 0 aliphatic heterocycles. The second-order valence-corrected chi connectivity index (χ2v) is 5.82. The molecule has 0 atom stereocenters. The molecule has 0 aliphatic rings. The van der Waals surface area contributed by atoms with Crippen LogP contribution in [0, 0.1) is 0 Å². The molecule has 1 N–H and O–H groups in total. The summed E-state index contributed by atoms with van der Waals surface area (Å²) in [5, 5.41) is 0. The Bertz CT molecular complexity index is 275. The van der Waals surface area contributed by atoms with Crippen molar-refractivity contribution in [3.63, 3.8) is 0 Å². The summed E-state index contributed by atoms with van der Waals surface area (Å²) in [6.07, 6.45) is 4.57. The molecule has 0 amide bonds. The molecule has 4 heteroatoms. The van der Waals surface area contributed by atoms with Crippen molar-refractivity contribution < 1.29 is 14.1 Å². The van der Waals surface area contributed by atoms with Crippen LogP contribution in [0.15, 0.2) is 12.2 Å². The summed E-state index contributed by atoms with van der Waals surface area (Å²) in [6.45, 7) is 10.7. The molecule has 0 heterocycles. The number of nitrogens with zero attached hydrogens (tertiary/aromatic N) is 1. The Morgan fingerprint density at radius 3 is 2.53 bits per heavy atom. The van der Waals surface area contributed by atoms with Crippen LogP contribution in [-0.4, -0.2) is 50.6 Å². The highest BCUT2D eigenvalue weighted by molar-refractivity contribution is 5.95. The van der Waals surface area contributed by atoms with Crippen LogP contribution in [0.5, 0.6) is 0 Å². The van der Waals surface area contributed by atoms with E-state index in [9.17, 15) is 4.79 Å². The molecule has 0 aromatic carbocycles. The Kier molecular flexibility index (Phi) is 9.74. The summed E-state index contributed by atoms with van der Waals surface area (Å²) < 4.78 is 0.685. The number of Topliss-reactive ketones (excluding diaryl/α,β-unsaturated/α-hetero) is 1. The van der Waals surface area contributed by atoms with E-state index < -0.39 is 0 Å². The maximum absolute atomic E-state index is 11.6. The van der Waals surface area contributed by atoms with E-state index in [4.69, 9.17) is 4.84 Å². The van der Waals surface area contributed by atoms with Crippen molar-refractivity contribution in [3.05, 3.63) is 12.2 Å². The third-order valence-electron chi connectivity index (χ3n) is 3.04. The fourth-order valence-electron chi connectivity index (χ4n) is 1.76. The predicted molar refractivity (Wildman–Crippen MR) is 79.8 cm³/mol. The fourth-order valence-corrected chi connectivity index (χ4v) is 1.76. The Morgan fingerprint density at radius 1 is 1.26 bits per heavy atom. The molecule has 0 fully saturated rings. The number of hydrogen-bond donors (Lipinski definition) is 1. The summed E-state index contributed by atoms with van der Waals surface area (Å²) >= 11 is 0. The zero-order chi connectivity index (χ0) is 14.7. The SMILES string of the molecule is C=C(C)C(=O)C[N+](C)(C)CCCONCCCCC. The van der Waals surface area contributed by atoms with Crippen molar-refractivity contribution in [2.75, 3.05) is 40.3 Å². The summed E-state index contributed by atoms with van der Waals surface area (Å²) in [5.41, 5.74) is 3.62. The number of carbonyl (C=O) groups excluding carboxylic acids is 1. The fraction of sp³-hybridized carbons (Fsp3) is 0.800. The summed E-state index contributed by atoms with van der Waals surface area (Å²) in [6, 6.07) is 0. The van der Waals surface area contributed by atoms with Gasteiger partial charge in [0.15, 0.2) is 0 Å². The van der Waals surface area contributed by atoms with E-state index in [0.29, 0.717) is 23.2 Å². The Hall–Kier alpha value is -0.710. The number of quaternary nitrogens is 1. The quantitative estimate of drug-likeness (QED) is 0.256. The van der Waals surface area contributed by atoms with Crippen molar-refractivity contribution in [3.8, 4) is 0 Å². The Labute approximate surface area is 118 Å². The van der Waals surface area contributed by atoms with Gasteiger partial charge >= 0.3 is 0 Å². The van der Waals surface area contributed by atoms with Crippen LogP contribution >= 0.6 is 0 Å². The smallest absolute Gasteiger partial charge is 0.212 e. The number of unbranched alkanes of at least 4 members (excludes halogenated alkanes) is 2. The number of hydrogen-bond acceptors (Lipinski definition) is 3. The summed E-state index contributed by atoms with van der Waals surface area (Å²) in [4.78, 5) is 17.0. The zero-order valence-electron chi connectivity index (χ0n) is 13.1. The average Bonchev–Trinajstić information content (AvgIpc) is 2.31. The van der Waals surface area contributed by atoms with Gasteiger partial charge in [0.2, 0.25) is 5.78 Å². The number of carbonyl (C=O) groups is 1. The Balaban J connectivity index is 3.58. The first-order chi connectivity index (χ1) is 8.89. The molecular formula is C15H31N2O2+. The van der Waals surface area contributed by atoms with Gasteiger partial charge in [-0.05, 0) is 18.9 Å². The highest BCUT2D eigenvalue weighted by Crippen LogP contribution is 2.03. The lowest BCUT2D eigenvalue weighted by molar-refractivity contribution is -0.882. The van der Waals surface area contributed by atoms with E-state index in [1.54, 1.807) is 6.92 Å². The van der Waals surface area contributed by atoms with Crippen LogP contribution in [-0.2, 0) is 9.63 Å². The highest BCUT2D eigenvalue weighted by Gasteiger charge is 2.19. The molecule has 0 aromatic rings. The predicted octanol–water partition coefficient (Wildman–Crippen LogP) is 2.31. The second kappa shape index (κ2) is 10.1. The van der Waals surface area contributed by atoms with E-state index in [0.717, 1.165) is 25.9 Å². The van der Waals surface area contributed by atoms with Gasteiger partial charge < -0.3 is 9.32 Å². The van der Waals surface area contributed by atoms with Gasteiger partial charge in [0.1, 0.15) is 6.54 Å². The lowest BCUT2D eigenvalue weighted by atomic mass is 10.2. The van der Waals surface area contributed by atoms with Crippen LogP contribution in [0.3, 0.4) is 0 Å². The third-order valence-corrected chi connectivity index (χ3v) is 3.04. The molecular weight excluding hydrogens is 240 g/mol. The number of likely N-dealkylation sites (N-methyl/N-ethyl adjacent to an activating group) is 1. The summed E-state index contributed by atoms with van der Waals surface area (Å²) in [7, 11) is 4.13. The average molecular weight is 271 g/mol. The molecule has 0 unspecified atom stereocenters. The van der Waals surface area contributed by atoms with Crippen molar-refractivity contribution in [1.82, 2.24) is 5.48 Å². The first-order valence-corrected chi connectivity index (χ1v) is 7.24. The van der Waals surface area contributed by atoms with E-state index in [-0.39, 0.29) is 5.78 Å².